The number of anilines is 1. The van der Waals surface area contributed by atoms with Crippen LogP contribution in [-0.4, -0.2) is 12.5 Å². The second-order valence-electron chi connectivity index (χ2n) is 4.92. The number of ether oxygens (including phenoxy) is 1. The summed E-state index contributed by atoms with van der Waals surface area (Å²) in [4.78, 5) is 11.9. The molecular weight excluding hydrogens is 286 g/mol. The predicted octanol–water partition coefficient (Wildman–Crippen LogP) is 4.36. The standard InChI is InChI=1S/C17H18ClNO2/c1-12-3-8-16(13(2)11-12)19-17(20)9-10-21-15-6-4-14(18)5-7-15/h3-8,11H,9-10H2,1-2H3,(H,19,20). The van der Waals surface area contributed by atoms with Gasteiger partial charge in [0.25, 0.3) is 0 Å². The highest BCUT2D eigenvalue weighted by Gasteiger charge is 2.05. The summed E-state index contributed by atoms with van der Waals surface area (Å²) in [6, 6.07) is 13.0. The van der Waals surface area contributed by atoms with Gasteiger partial charge in [-0.25, -0.2) is 0 Å². The van der Waals surface area contributed by atoms with E-state index < -0.39 is 0 Å². The van der Waals surface area contributed by atoms with Crippen molar-refractivity contribution >= 4 is 23.2 Å². The number of hydrogen-bond donors (Lipinski definition) is 1. The Labute approximate surface area is 129 Å². The van der Waals surface area contributed by atoms with Crippen molar-refractivity contribution in [2.24, 2.45) is 0 Å². The predicted molar refractivity (Wildman–Crippen MR) is 86.1 cm³/mol. The Kier molecular flexibility index (Phi) is 5.23. The van der Waals surface area contributed by atoms with E-state index in [9.17, 15) is 4.79 Å². The second-order valence-corrected chi connectivity index (χ2v) is 5.36. The van der Waals surface area contributed by atoms with Crippen molar-refractivity contribution < 1.29 is 9.53 Å². The Balaban J connectivity index is 1.81. The van der Waals surface area contributed by atoms with E-state index in [-0.39, 0.29) is 5.91 Å². The Morgan fingerprint density at radius 3 is 2.52 bits per heavy atom. The molecule has 0 heterocycles. The van der Waals surface area contributed by atoms with E-state index in [4.69, 9.17) is 16.3 Å². The second kappa shape index (κ2) is 7.14. The molecule has 0 unspecified atom stereocenters. The molecule has 1 amide bonds. The number of halogens is 1. The van der Waals surface area contributed by atoms with Crippen LogP contribution in [0.3, 0.4) is 0 Å². The number of carbonyl (C=O) groups is 1. The van der Waals surface area contributed by atoms with Gasteiger partial charge in [-0.3, -0.25) is 4.79 Å². The topological polar surface area (TPSA) is 38.3 Å². The number of nitrogens with one attached hydrogen (secondary N) is 1. The van der Waals surface area contributed by atoms with Crippen molar-refractivity contribution in [1.82, 2.24) is 0 Å². The third-order valence-electron chi connectivity index (χ3n) is 3.07. The average molecular weight is 304 g/mol. The third kappa shape index (κ3) is 4.80. The zero-order chi connectivity index (χ0) is 15.2. The van der Waals surface area contributed by atoms with Crippen LogP contribution in [0.5, 0.6) is 5.75 Å². The van der Waals surface area contributed by atoms with Crippen LogP contribution in [0.1, 0.15) is 17.5 Å². The summed E-state index contributed by atoms with van der Waals surface area (Å²) in [5, 5.41) is 3.55. The minimum Gasteiger partial charge on any atom is -0.493 e. The summed E-state index contributed by atoms with van der Waals surface area (Å²) >= 11 is 5.79. The fourth-order valence-electron chi connectivity index (χ4n) is 1.96. The molecule has 0 spiro atoms. The lowest BCUT2D eigenvalue weighted by molar-refractivity contribution is -0.116. The van der Waals surface area contributed by atoms with E-state index in [0.29, 0.717) is 23.8 Å². The van der Waals surface area contributed by atoms with Crippen molar-refractivity contribution in [3.8, 4) is 5.75 Å². The smallest absolute Gasteiger partial charge is 0.227 e. The minimum atomic E-state index is -0.0593. The van der Waals surface area contributed by atoms with Crippen LogP contribution >= 0.6 is 11.6 Å². The van der Waals surface area contributed by atoms with Gasteiger partial charge >= 0.3 is 0 Å². The fourth-order valence-corrected chi connectivity index (χ4v) is 2.08. The quantitative estimate of drug-likeness (QED) is 0.891. The first kappa shape index (κ1) is 15.4. The maximum Gasteiger partial charge on any atom is 0.227 e. The fraction of sp³-hybridized carbons (Fsp3) is 0.235. The monoisotopic (exact) mass is 303 g/mol. The van der Waals surface area contributed by atoms with Crippen molar-refractivity contribution in [2.75, 3.05) is 11.9 Å². The lowest BCUT2D eigenvalue weighted by atomic mass is 10.1. The van der Waals surface area contributed by atoms with Gasteiger partial charge in [0.05, 0.1) is 13.0 Å². The molecule has 0 saturated carbocycles. The molecule has 1 N–H and O–H groups in total. The van der Waals surface area contributed by atoms with Gasteiger partial charge in [-0.1, -0.05) is 29.3 Å². The molecule has 4 heteroatoms. The number of aryl methyl sites for hydroxylation is 2. The van der Waals surface area contributed by atoms with Crippen LogP contribution in [-0.2, 0) is 4.79 Å². The Hall–Kier alpha value is -2.00. The van der Waals surface area contributed by atoms with E-state index >= 15 is 0 Å². The molecule has 0 fully saturated rings. The van der Waals surface area contributed by atoms with E-state index in [0.717, 1.165) is 11.3 Å². The molecule has 0 aromatic heterocycles. The number of hydrogen-bond acceptors (Lipinski definition) is 2. The molecular formula is C17H18ClNO2. The van der Waals surface area contributed by atoms with Crippen molar-refractivity contribution in [1.29, 1.82) is 0 Å². The van der Waals surface area contributed by atoms with Crippen LogP contribution in [0.15, 0.2) is 42.5 Å². The van der Waals surface area contributed by atoms with Gasteiger partial charge in [0.15, 0.2) is 0 Å². The molecule has 0 radical (unpaired) electrons. The van der Waals surface area contributed by atoms with E-state index in [1.165, 1.54) is 5.56 Å². The van der Waals surface area contributed by atoms with Crippen LogP contribution in [0.2, 0.25) is 5.02 Å². The zero-order valence-corrected chi connectivity index (χ0v) is 12.9. The Morgan fingerprint density at radius 1 is 1.14 bits per heavy atom. The number of amides is 1. The van der Waals surface area contributed by atoms with Gasteiger partial charge in [-0.15, -0.1) is 0 Å². The van der Waals surface area contributed by atoms with E-state index in [1.807, 2.05) is 32.0 Å². The first-order valence-electron chi connectivity index (χ1n) is 6.80. The summed E-state index contributed by atoms with van der Waals surface area (Å²) in [5.74, 6) is 0.648. The largest absolute Gasteiger partial charge is 0.493 e. The number of rotatable bonds is 5. The van der Waals surface area contributed by atoms with Gasteiger partial charge < -0.3 is 10.1 Å². The molecule has 0 aliphatic carbocycles. The first-order valence-corrected chi connectivity index (χ1v) is 7.18. The highest BCUT2D eigenvalue weighted by molar-refractivity contribution is 6.30. The van der Waals surface area contributed by atoms with E-state index in [2.05, 4.69) is 5.32 Å². The lowest BCUT2D eigenvalue weighted by Crippen LogP contribution is -2.15. The molecule has 3 nitrogen and oxygen atoms in total. The van der Waals surface area contributed by atoms with Crippen molar-refractivity contribution in [3.63, 3.8) is 0 Å². The molecule has 0 atom stereocenters. The van der Waals surface area contributed by atoms with Gasteiger partial charge in [0.2, 0.25) is 5.91 Å². The summed E-state index contributed by atoms with van der Waals surface area (Å²) < 4.78 is 5.50. The summed E-state index contributed by atoms with van der Waals surface area (Å²) in [6.07, 6.45) is 0.302. The van der Waals surface area contributed by atoms with Gasteiger partial charge in [-0.05, 0) is 49.7 Å². The molecule has 0 saturated heterocycles. The maximum atomic E-state index is 11.9. The van der Waals surface area contributed by atoms with Crippen LogP contribution < -0.4 is 10.1 Å². The third-order valence-corrected chi connectivity index (χ3v) is 3.32. The maximum absolute atomic E-state index is 11.9. The van der Waals surface area contributed by atoms with Crippen LogP contribution in [0.25, 0.3) is 0 Å². The number of carbonyl (C=O) groups excluding carboxylic acids is 1. The van der Waals surface area contributed by atoms with Gasteiger partial charge in [-0.2, -0.15) is 0 Å². The van der Waals surface area contributed by atoms with E-state index in [1.54, 1.807) is 24.3 Å². The SMILES string of the molecule is Cc1ccc(NC(=O)CCOc2ccc(Cl)cc2)c(C)c1. The highest BCUT2D eigenvalue weighted by Crippen LogP contribution is 2.17. The van der Waals surface area contributed by atoms with Crippen molar-refractivity contribution in [2.45, 2.75) is 20.3 Å². The van der Waals surface area contributed by atoms with Gasteiger partial charge in [0.1, 0.15) is 5.75 Å². The molecule has 21 heavy (non-hydrogen) atoms. The van der Waals surface area contributed by atoms with Gasteiger partial charge in [0, 0.05) is 10.7 Å². The summed E-state index contributed by atoms with van der Waals surface area (Å²) in [6.45, 7) is 4.34. The molecule has 2 rings (SSSR count). The number of benzene rings is 2. The molecule has 0 aliphatic rings. The average Bonchev–Trinajstić information content (AvgIpc) is 2.44. The molecule has 0 aliphatic heterocycles. The Morgan fingerprint density at radius 2 is 1.86 bits per heavy atom. The van der Waals surface area contributed by atoms with Crippen LogP contribution in [0, 0.1) is 13.8 Å². The molecule has 110 valence electrons. The summed E-state index contributed by atoms with van der Waals surface area (Å²) in [7, 11) is 0. The molecule has 2 aromatic rings. The summed E-state index contributed by atoms with van der Waals surface area (Å²) in [5.41, 5.74) is 3.08. The molecule has 2 aromatic carbocycles. The highest BCUT2D eigenvalue weighted by atomic mass is 35.5. The first-order chi connectivity index (χ1) is 10.0. The normalized spacial score (nSPS) is 10.2. The van der Waals surface area contributed by atoms with Crippen LogP contribution in [0.4, 0.5) is 5.69 Å². The zero-order valence-electron chi connectivity index (χ0n) is 12.2. The minimum absolute atomic E-state index is 0.0593. The lowest BCUT2D eigenvalue weighted by Gasteiger charge is -2.10. The van der Waals surface area contributed by atoms with Crippen molar-refractivity contribution in [3.05, 3.63) is 58.6 Å². The molecule has 0 bridgehead atoms. The Bertz CT molecular complexity index is 623.